The summed E-state index contributed by atoms with van der Waals surface area (Å²) in [6, 6.07) is 1.84. The highest BCUT2D eigenvalue weighted by Gasteiger charge is 2.38. The monoisotopic (exact) mass is 233 g/mol. The topological polar surface area (TPSA) is 51.8 Å². The maximum atomic E-state index is 6.46. The Balaban J connectivity index is 2.08. The van der Waals surface area contributed by atoms with Crippen molar-refractivity contribution >= 4 is 0 Å². The second kappa shape index (κ2) is 4.37. The summed E-state index contributed by atoms with van der Waals surface area (Å²) in [4.78, 5) is 8.65. The molecule has 94 valence electrons. The normalized spacial score (nSPS) is 30.2. The predicted octanol–water partition coefficient (Wildman–Crippen LogP) is 2.87. The molecule has 0 aliphatic heterocycles. The molecule has 1 heterocycles. The van der Waals surface area contributed by atoms with Crippen LogP contribution in [0.2, 0.25) is 0 Å². The van der Waals surface area contributed by atoms with Gasteiger partial charge in [-0.15, -0.1) is 0 Å². The molecule has 2 N–H and O–H groups in total. The smallest absolute Gasteiger partial charge is 0.147 e. The van der Waals surface area contributed by atoms with Crippen LogP contribution in [0.15, 0.2) is 18.5 Å². The van der Waals surface area contributed by atoms with E-state index >= 15 is 0 Å². The number of rotatable bonds is 1. The maximum absolute atomic E-state index is 6.46. The quantitative estimate of drug-likeness (QED) is 0.811. The first-order valence-corrected chi connectivity index (χ1v) is 6.48. The molecule has 0 saturated heterocycles. The van der Waals surface area contributed by atoms with Crippen molar-refractivity contribution in [2.75, 3.05) is 0 Å². The van der Waals surface area contributed by atoms with Crippen LogP contribution < -0.4 is 5.73 Å². The van der Waals surface area contributed by atoms with Gasteiger partial charge in [-0.3, -0.25) is 0 Å². The van der Waals surface area contributed by atoms with Gasteiger partial charge in [-0.05, 0) is 43.1 Å². The van der Waals surface area contributed by atoms with E-state index in [1.807, 2.05) is 6.07 Å². The van der Waals surface area contributed by atoms with Gasteiger partial charge >= 0.3 is 0 Å². The van der Waals surface area contributed by atoms with Crippen LogP contribution in [0.3, 0.4) is 0 Å². The Kier molecular flexibility index (Phi) is 3.21. The first kappa shape index (κ1) is 12.5. The van der Waals surface area contributed by atoms with Crippen molar-refractivity contribution in [3.63, 3.8) is 0 Å². The molecular formula is C14H23N3. The van der Waals surface area contributed by atoms with Crippen LogP contribution >= 0.6 is 0 Å². The van der Waals surface area contributed by atoms with Crippen molar-refractivity contribution in [3.05, 3.63) is 24.3 Å². The Labute approximate surface area is 104 Å². The predicted molar refractivity (Wildman–Crippen MR) is 69.3 cm³/mol. The molecule has 0 aromatic carbocycles. The largest absolute Gasteiger partial charge is 0.319 e. The van der Waals surface area contributed by atoms with Gasteiger partial charge in [0.2, 0.25) is 0 Å². The molecule has 0 atom stereocenters. The Morgan fingerprint density at radius 3 is 2.18 bits per heavy atom. The Morgan fingerprint density at radius 1 is 1.18 bits per heavy atom. The minimum Gasteiger partial charge on any atom is -0.319 e. The number of hydrogen-bond donors (Lipinski definition) is 1. The third kappa shape index (κ3) is 2.65. The minimum atomic E-state index is -0.303. The molecule has 3 heteroatoms. The van der Waals surface area contributed by atoms with Crippen molar-refractivity contribution in [2.24, 2.45) is 17.1 Å². The van der Waals surface area contributed by atoms with Crippen LogP contribution in [0.25, 0.3) is 0 Å². The van der Waals surface area contributed by atoms with Gasteiger partial charge in [0.15, 0.2) is 0 Å². The SMILES string of the molecule is CC(C)(C)C1CCC(N)(c2ncccn2)CC1. The van der Waals surface area contributed by atoms with Gasteiger partial charge in [0.1, 0.15) is 5.82 Å². The van der Waals surface area contributed by atoms with Crippen LogP contribution in [-0.2, 0) is 5.54 Å². The zero-order chi connectivity index (χ0) is 12.5. The fraction of sp³-hybridized carbons (Fsp3) is 0.714. The van der Waals surface area contributed by atoms with Gasteiger partial charge < -0.3 is 5.73 Å². The average molecular weight is 233 g/mol. The van der Waals surface area contributed by atoms with Crippen LogP contribution in [-0.4, -0.2) is 9.97 Å². The summed E-state index contributed by atoms with van der Waals surface area (Å²) in [5.74, 6) is 1.58. The second-order valence-electron chi connectivity index (χ2n) is 6.37. The number of aromatic nitrogens is 2. The van der Waals surface area contributed by atoms with Gasteiger partial charge in [0.05, 0.1) is 5.54 Å². The average Bonchev–Trinajstić information content (AvgIpc) is 2.29. The molecule has 0 unspecified atom stereocenters. The highest BCUT2D eigenvalue weighted by molar-refractivity contribution is 5.07. The van der Waals surface area contributed by atoms with Crippen molar-refractivity contribution in [3.8, 4) is 0 Å². The molecular weight excluding hydrogens is 210 g/mol. The van der Waals surface area contributed by atoms with Crippen molar-refractivity contribution in [1.29, 1.82) is 0 Å². The molecule has 0 spiro atoms. The van der Waals surface area contributed by atoms with E-state index in [4.69, 9.17) is 5.73 Å². The van der Waals surface area contributed by atoms with E-state index in [9.17, 15) is 0 Å². The summed E-state index contributed by atoms with van der Waals surface area (Å²) in [5.41, 5.74) is 6.55. The number of hydrogen-bond acceptors (Lipinski definition) is 3. The fourth-order valence-electron chi connectivity index (χ4n) is 2.78. The van der Waals surface area contributed by atoms with E-state index in [-0.39, 0.29) is 5.54 Å². The third-order valence-corrected chi connectivity index (χ3v) is 4.11. The van der Waals surface area contributed by atoms with Gasteiger partial charge in [-0.25, -0.2) is 9.97 Å². The first-order chi connectivity index (χ1) is 7.92. The second-order valence-corrected chi connectivity index (χ2v) is 6.37. The first-order valence-electron chi connectivity index (χ1n) is 6.48. The summed E-state index contributed by atoms with van der Waals surface area (Å²) >= 11 is 0. The molecule has 1 saturated carbocycles. The maximum Gasteiger partial charge on any atom is 0.147 e. The van der Waals surface area contributed by atoms with Gasteiger partial charge in [-0.2, -0.15) is 0 Å². The standard InChI is InChI=1S/C14H23N3/c1-13(2,3)11-5-7-14(15,8-6-11)12-16-9-4-10-17-12/h4,9-11H,5-8,15H2,1-3H3. The van der Waals surface area contributed by atoms with Gasteiger partial charge in [0, 0.05) is 12.4 Å². The molecule has 1 aromatic rings. The van der Waals surface area contributed by atoms with E-state index in [2.05, 4.69) is 30.7 Å². The molecule has 3 nitrogen and oxygen atoms in total. The molecule has 1 fully saturated rings. The lowest BCUT2D eigenvalue weighted by atomic mass is 9.67. The van der Waals surface area contributed by atoms with E-state index in [1.165, 1.54) is 12.8 Å². The van der Waals surface area contributed by atoms with Crippen LogP contribution in [0.1, 0.15) is 52.3 Å². The molecule has 0 amide bonds. The van der Waals surface area contributed by atoms with Crippen LogP contribution in [0.4, 0.5) is 0 Å². The summed E-state index contributed by atoms with van der Waals surface area (Å²) in [5, 5.41) is 0. The van der Waals surface area contributed by atoms with Crippen molar-refractivity contribution in [1.82, 2.24) is 9.97 Å². The number of nitrogens with two attached hydrogens (primary N) is 1. The Hall–Kier alpha value is -0.960. The lowest BCUT2D eigenvalue weighted by molar-refractivity contribution is 0.130. The highest BCUT2D eigenvalue weighted by atomic mass is 15.0. The fourth-order valence-corrected chi connectivity index (χ4v) is 2.78. The summed E-state index contributed by atoms with van der Waals surface area (Å²) in [7, 11) is 0. The van der Waals surface area contributed by atoms with E-state index in [0.29, 0.717) is 5.41 Å². The van der Waals surface area contributed by atoms with Gasteiger partial charge in [-0.1, -0.05) is 20.8 Å². The molecule has 0 radical (unpaired) electrons. The molecule has 1 aromatic heterocycles. The minimum absolute atomic E-state index is 0.303. The Bertz CT molecular complexity index is 359. The van der Waals surface area contributed by atoms with Crippen LogP contribution in [0, 0.1) is 11.3 Å². The lowest BCUT2D eigenvalue weighted by Gasteiger charge is -2.41. The van der Waals surface area contributed by atoms with E-state index < -0.39 is 0 Å². The van der Waals surface area contributed by atoms with Gasteiger partial charge in [0.25, 0.3) is 0 Å². The summed E-state index contributed by atoms with van der Waals surface area (Å²) < 4.78 is 0. The lowest BCUT2D eigenvalue weighted by Crippen LogP contribution is -2.43. The molecule has 1 aliphatic rings. The van der Waals surface area contributed by atoms with Crippen molar-refractivity contribution in [2.45, 2.75) is 52.0 Å². The zero-order valence-electron chi connectivity index (χ0n) is 11.1. The molecule has 0 bridgehead atoms. The molecule has 17 heavy (non-hydrogen) atoms. The van der Waals surface area contributed by atoms with E-state index in [0.717, 1.165) is 24.6 Å². The van der Waals surface area contributed by atoms with E-state index in [1.54, 1.807) is 12.4 Å². The third-order valence-electron chi connectivity index (χ3n) is 4.11. The Morgan fingerprint density at radius 2 is 1.71 bits per heavy atom. The van der Waals surface area contributed by atoms with Crippen molar-refractivity contribution < 1.29 is 0 Å². The molecule has 2 rings (SSSR count). The molecule has 1 aliphatic carbocycles. The zero-order valence-corrected chi connectivity index (χ0v) is 11.1. The number of nitrogens with zero attached hydrogens (tertiary/aromatic N) is 2. The summed E-state index contributed by atoms with van der Waals surface area (Å²) in [6.45, 7) is 6.96. The highest BCUT2D eigenvalue weighted by Crippen LogP contribution is 2.43. The van der Waals surface area contributed by atoms with Crippen LogP contribution in [0.5, 0.6) is 0 Å². The summed E-state index contributed by atoms with van der Waals surface area (Å²) in [6.07, 6.45) is 7.92.